The van der Waals surface area contributed by atoms with E-state index in [9.17, 15) is 18.4 Å². The molecule has 0 aliphatic carbocycles. The molecule has 0 saturated carbocycles. The number of halogens is 2. The maximum atomic E-state index is 13.4. The molecule has 0 aliphatic heterocycles. The van der Waals surface area contributed by atoms with Crippen LogP contribution in [0.15, 0.2) is 24.4 Å². The highest BCUT2D eigenvalue weighted by Gasteiger charge is 2.11. The summed E-state index contributed by atoms with van der Waals surface area (Å²) in [4.78, 5) is 23.0. The fraction of sp³-hybridized carbons (Fsp3) is 0.286. The molecule has 7 nitrogen and oxygen atoms in total. The summed E-state index contributed by atoms with van der Waals surface area (Å²) >= 11 is 0. The van der Waals surface area contributed by atoms with Crippen molar-refractivity contribution in [2.45, 2.75) is 26.4 Å². The summed E-state index contributed by atoms with van der Waals surface area (Å²) in [7, 11) is 0. The van der Waals surface area contributed by atoms with Crippen molar-refractivity contribution in [3.8, 4) is 0 Å². The molecule has 0 aliphatic rings. The van der Waals surface area contributed by atoms with Crippen LogP contribution in [-0.4, -0.2) is 26.8 Å². The normalized spacial score (nSPS) is 10.4. The molecular weight excluding hydrogens is 308 g/mol. The third kappa shape index (κ3) is 4.56. The van der Waals surface area contributed by atoms with Gasteiger partial charge in [-0.3, -0.25) is 9.59 Å². The number of anilines is 1. The maximum Gasteiger partial charge on any atom is 0.242 e. The van der Waals surface area contributed by atoms with Crippen LogP contribution in [0.3, 0.4) is 0 Å². The highest BCUT2D eigenvalue weighted by Crippen LogP contribution is 2.11. The van der Waals surface area contributed by atoms with Gasteiger partial charge in [-0.1, -0.05) is 18.2 Å². The minimum atomic E-state index is -0.726. The summed E-state index contributed by atoms with van der Waals surface area (Å²) in [5.74, 6) is -1.95. The standard InChI is InChI=1S/C14H15F2N5O2/c1-2-13(22)18-12-7-21(20-19-12)8-14(23)17-6-9-10(15)4-3-5-11(9)16/h3-5,7H,2,6,8H2,1H3,(H,17,23)(H,18,22). The Labute approximate surface area is 130 Å². The van der Waals surface area contributed by atoms with Crippen molar-refractivity contribution in [2.75, 3.05) is 5.32 Å². The number of nitrogens with zero attached hydrogens (tertiary/aromatic N) is 3. The summed E-state index contributed by atoms with van der Waals surface area (Å²) in [6.07, 6.45) is 1.68. The van der Waals surface area contributed by atoms with Crippen LogP contribution in [0, 0.1) is 11.6 Å². The molecule has 0 atom stereocenters. The quantitative estimate of drug-likeness (QED) is 0.836. The van der Waals surface area contributed by atoms with Gasteiger partial charge in [-0.25, -0.2) is 13.5 Å². The summed E-state index contributed by atoms with van der Waals surface area (Å²) < 4.78 is 28.1. The molecule has 2 amide bonds. The average molecular weight is 323 g/mol. The van der Waals surface area contributed by atoms with E-state index in [0.29, 0.717) is 6.42 Å². The Morgan fingerprint density at radius 2 is 1.91 bits per heavy atom. The largest absolute Gasteiger partial charge is 0.350 e. The van der Waals surface area contributed by atoms with Crippen molar-refractivity contribution in [1.29, 1.82) is 0 Å². The third-order valence-electron chi connectivity index (χ3n) is 2.96. The molecule has 23 heavy (non-hydrogen) atoms. The molecular formula is C14H15F2N5O2. The first-order chi connectivity index (χ1) is 11.0. The number of carbonyl (C=O) groups excluding carboxylic acids is 2. The number of amides is 2. The number of hydrogen-bond donors (Lipinski definition) is 2. The molecule has 2 aromatic rings. The first-order valence-electron chi connectivity index (χ1n) is 6.89. The van der Waals surface area contributed by atoms with Crippen LogP contribution in [0.25, 0.3) is 0 Å². The monoisotopic (exact) mass is 323 g/mol. The van der Waals surface area contributed by atoms with E-state index >= 15 is 0 Å². The smallest absolute Gasteiger partial charge is 0.242 e. The molecule has 9 heteroatoms. The predicted octanol–water partition coefficient (Wildman–Crippen LogP) is 1.22. The van der Waals surface area contributed by atoms with Crippen molar-refractivity contribution >= 4 is 17.6 Å². The van der Waals surface area contributed by atoms with E-state index in [0.717, 1.165) is 12.1 Å². The van der Waals surface area contributed by atoms with E-state index in [1.807, 2.05) is 0 Å². The Bertz CT molecular complexity index is 697. The lowest BCUT2D eigenvalue weighted by atomic mass is 10.2. The number of aromatic nitrogens is 3. The molecule has 0 fully saturated rings. The molecule has 0 radical (unpaired) electrons. The second-order valence-corrected chi connectivity index (χ2v) is 4.68. The summed E-state index contributed by atoms with van der Waals surface area (Å²) in [6.45, 7) is 1.23. The summed E-state index contributed by atoms with van der Waals surface area (Å²) in [5, 5.41) is 12.3. The molecule has 1 aromatic heterocycles. The van der Waals surface area contributed by atoms with E-state index < -0.39 is 17.5 Å². The molecule has 2 rings (SSSR count). The number of carbonyl (C=O) groups is 2. The number of nitrogens with one attached hydrogen (secondary N) is 2. The fourth-order valence-electron chi connectivity index (χ4n) is 1.76. The second kappa shape index (κ2) is 7.43. The average Bonchev–Trinajstić information content (AvgIpc) is 2.93. The van der Waals surface area contributed by atoms with Crippen molar-refractivity contribution in [3.63, 3.8) is 0 Å². The van der Waals surface area contributed by atoms with Gasteiger partial charge in [-0.15, -0.1) is 5.10 Å². The van der Waals surface area contributed by atoms with Gasteiger partial charge in [0.2, 0.25) is 11.8 Å². The van der Waals surface area contributed by atoms with Crippen molar-refractivity contribution < 1.29 is 18.4 Å². The van der Waals surface area contributed by atoms with Gasteiger partial charge in [-0.05, 0) is 12.1 Å². The van der Waals surface area contributed by atoms with E-state index in [1.165, 1.54) is 16.9 Å². The first kappa shape index (κ1) is 16.5. The van der Waals surface area contributed by atoms with Gasteiger partial charge < -0.3 is 10.6 Å². The highest BCUT2D eigenvalue weighted by atomic mass is 19.1. The Kier molecular flexibility index (Phi) is 5.34. The second-order valence-electron chi connectivity index (χ2n) is 4.68. The number of hydrogen-bond acceptors (Lipinski definition) is 4. The first-order valence-corrected chi connectivity index (χ1v) is 6.89. The van der Waals surface area contributed by atoms with Crippen molar-refractivity contribution in [2.24, 2.45) is 0 Å². The van der Waals surface area contributed by atoms with Crippen molar-refractivity contribution in [3.05, 3.63) is 41.6 Å². The lowest BCUT2D eigenvalue weighted by Gasteiger charge is -2.07. The molecule has 0 saturated heterocycles. The minimum absolute atomic E-state index is 0.189. The van der Waals surface area contributed by atoms with E-state index in [2.05, 4.69) is 20.9 Å². The molecule has 0 unspecified atom stereocenters. The van der Waals surface area contributed by atoms with Gasteiger partial charge in [0.05, 0.1) is 6.20 Å². The number of benzene rings is 1. The van der Waals surface area contributed by atoms with Gasteiger partial charge in [0.25, 0.3) is 0 Å². The van der Waals surface area contributed by atoms with Gasteiger partial charge in [-0.2, -0.15) is 0 Å². The minimum Gasteiger partial charge on any atom is -0.350 e. The fourth-order valence-corrected chi connectivity index (χ4v) is 1.76. The van der Waals surface area contributed by atoms with E-state index in [4.69, 9.17) is 0 Å². The topological polar surface area (TPSA) is 88.9 Å². The van der Waals surface area contributed by atoms with Gasteiger partial charge in [0.1, 0.15) is 18.2 Å². The van der Waals surface area contributed by atoms with Crippen molar-refractivity contribution in [1.82, 2.24) is 20.3 Å². The molecule has 0 spiro atoms. The van der Waals surface area contributed by atoms with Gasteiger partial charge in [0, 0.05) is 18.5 Å². The zero-order valence-corrected chi connectivity index (χ0v) is 12.3. The lowest BCUT2D eigenvalue weighted by Crippen LogP contribution is -2.28. The van der Waals surface area contributed by atoms with Crippen LogP contribution in [0.1, 0.15) is 18.9 Å². The summed E-state index contributed by atoms with van der Waals surface area (Å²) in [6, 6.07) is 3.48. The zero-order chi connectivity index (χ0) is 16.8. The van der Waals surface area contributed by atoms with Crippen LogP contribution < -0.4 is 10.6 Å². The Morgan fingerprint density at radius 1 is 1.22 bits per heavy atom. The SMILES string of the molecule is CCC(=O)Nc1cn(CC(=O)NCc2c(F)cccc2F)nn1. The number of rotatable bonds is 6. The third-order valence-corrected chi connectivity index (χ3v) is 2.96. The Balaban J connectivity index is 1.89. The van der Waals surface area contributed by atoms with Crippen LogP contribution in [0.2, 0.25) is 0 Å². The molecule has 2 N–H and O–H groups in total. The Morgan fingerprint density at radius 3 is 2.57 bits per heavy atom. The van der Waals surface area contributed by atoms with Crippen LogP contribution >= 0.6 is 0 Å². The molecule has 1 heterocycles. The van der Waals surface area contributed by atoms with Gasteiger partial charge >= 0.3 is 0 Å². The zero-order valence-electron chi connectivity index (χ0n) is 12.3. The molecule has 1 aromatic carbocycles. The van der Waals surface area contributed by atoms with Gasteiger partial charge in [0.15, 0.2) is 5.82 Å². The highest BCUT2D eigenvalue weighted by molar-refractivity contribution is 5.89. The van der Waals surface area contributed by atoms with Crippen LogP contribution in [0.4, 0.5) is 14.6 Å². The molecule has 122 valence electrons. The lowest BCUT2D eigenvalue weighted by molar-refractivity contribution is -0.122. The van der Waals surface area contributed by atoms with Crippen LogP contribution in [0.5, 0.6) is 0 Å². The molecule has 0 bridgehead atoms. The van der Waals surface area contributed by atoms with Crippen LogP contribution in [-0.2, 0) is 22.7 Å². The summed E-state index contributed by atoms with van der Waals surface area (Å²) in [5.41, 5.74) is -0.213. The Hall–Kier alpha value is -2.84. The maximum absolute atomic E-state index is 13.4. The van der Waals surface area contributed by atoms with E-state index in [1.54, 1.807) is 6.92 Å². The predicted molar refractivity (Wildman–Crippen MR) is 77.1 cm³/mol. The van der Waals surface area contributed by atoms with E-state index in [-0.39, 0.29) is 30.4 Å².